The monoisotopic (exact) mass is 377 g/mol. The first-order valence-electron chi connectivity index (χ1n) is 6.97. The van der Waals surface area contributed by atoms with Crippen LogP contribution in [-0.2, 0) is 4.79 Å². The second-order valence-electron chi connectivity index (χ2n) is 5.31. The predicted octanol–water partition coefficient (Wildman–Crippen LogP) is 3.33. The van der Waals surface area contributed by atoms with Crippen LogP contribution in [0.15, 0.2) is 21.8 Å². The maximum absolute atomic E-state index is 11.9. The van der Waals surface area contributed by atoms with E-state index in [1.54, 1.807) is 0 Å². The highest BCUT2D eigenvalue weighted by Crippen LogP contribution is 2.18. The van der Waals surface area contributed by atoms with Crippen molar-refractivity contribution in [2.75, 3.05) is 0 Å². The van der Waals surface area contributed by atoms with Gasteiger partial charge in [-0.1, -0.05) is 54.5 Å². The van der Waals surface area contributed by atoms with Crippen LogP contribution >= 0.6 is 22.6 Å². The van der Waals surface area contributed by atoms with Crippen LogP contribution < -0.4 is 5.32 Å². The van der Waals surface area contributed by atoms with Gasteiger partial charge in [-0.3, -0.25) is 4.79 Å². The predicted molar refractivity (Wildman–Crippen MR) is 87.1 cm³/mol. The third-order valence-corrected chi connectivity index (χ3v) is 4.53. The zero-order valence-electron chi connectivity index (χ0n) is 11.7. The lowest BCUT2D eigenvalue weighted by atomic mass is 9.94. The molecule has 0 aromatic rings. The Morgan fingerprint density at radius 3 is 2.84 bits per heavy atom. The Kier molecular flexibility index (Phi) is 7.68. The third kappa shape index (κ3) is 6.08. The number of halogens is 1. The molecule has 3 atom stereocenters. The summed E-state index contributed by atoms with van der Waals surface area (Å²) in [4.78, 5) is 11.9. The number of nitrogens with one attached hydrogen (secondary N) is 1. The number of amides is 1. The molecule has 0 aromatic heterocycles. The molecule has 1 aliphatic heterocycles. The molecule has 1 aliphatic rings. The number of carbonyl (C=O) groups is 1. The Morgan fingerprint density at radius 2 is 2.16 bits per heavy atom. The molecule has 0 fully saturated rings. The summed E-state index contributed by atoms with van der Waals surface area (Å²) in [6.07, 6.45) is 7.77. The zero-order chi connectivity index (χ0) is 14.3. The van der Waals surface area contributed by atoms with Gasteiger partial charge in [0.2, 0.25) is 5.91 Å². The van der Waals surface area contributed by atoms with E-state index in [1.807, 2.05) is 23.2 Å². The van der Waals surface area contributed by atoms with E-state index in [2.05, 4.69) is 34.8 Å². The smallest absolute Gasteiger partial charge is 0.220 e. The van der Waals surface area contributed by atoms with Crippen molar-refractivity contribution >= 4 is 28.5 Å². The summed E-state index contributed by atoms with van der Waals surface area (Å²) in [7, 11) is 0. The van der Waals surface area contributed by atoms with Gasteiger partial charge in [-0.2, -0.15) is 0 Å². The van der Waals surface area contributed by atoms with E-state index in [0.29, 0.717) is 6.42 Å². The van der Waals surface area contributed by atoms with Crippen molar-refractivity contribution in [1.29, 1.82) is 0 Å². The molecule has 2 N–H and O–H groups in total. The van der Waals surface area contributed by atoms with Crippen molar-refractivity contribution in [3.63, 3.8) is 0 Å². The van der Waals surface area contributed by atoms with Gasteiger partial charge in [-0.15, -0.1) is 0 Å². The van der Waals surface area contributed by atoms with Crippen LogP contribution in [-0.4, -0.2) is 23.2 Å². The zero-order valence-corrected chi connectivity index (χ0v) is 13.9. The Balaban J connectivity index is 2.84. The van der Waals surface area contributed by atoms with Crippen molar-refractivity contribution < 1.29 is 9.90 Å². The highest BCUT2D eigenvalue weighted by Gasteiger charge is 2.19. The summed E-state index contributed by atoms with van der Waals surface area (Å²) in [5.41, 5.74) is 1.15. The van der Waals surface area contributed by atoms with Gasteiger partial charge in [0.25, 0.3) is 0 Å². The Labute approximate surface area is 129 Å². The summed E-state index contributed by atoms with van der Waals surface area (Å²) in [5, 5.41) is 13.0. The molecule has 1 rings (SSSR count). The fourth-order valence-electron chi connectivity index (χ4n) is 2.30. The van der Waals surface area contributed by atoms with Crippen LogP contribution in [0.2, 0.25) is 0 Å². The molecule has 0 saturated heterocycles. The SMILES string of the molecule is C/C(=C\I)[C@H]1NC(=O)CCCCC[C@@H](O)/C=C/[C@@H]1C. The number of hydrogen-bond donors (Lipinski definition) is 2. The molecule has 0 unspecified atom stereocenters. The quantitative estimate of drug-likeness (QED) is 0.544. The van der Waals surface area contributed by atoms with Crippen LogP contribution in [0.4, 0.5) is 0 Å². The topological polar surface area (TPSA) is 49.3 Å². The number of rotatable bonds is 1. The lowest BCUT2D eigenvalue weighted by Gasteiger charge is -2.24. The van der Waals surface area contributed by atoms with Crippen LogP contribution in [0.25, 0.3) is 0 Å². The number of aliphatic hydroxyl groups excluding tert-OH is 1. The van der Waals surface area contributed by atoms with E-state index < -0.39 is 0 Å². The van der Waals surface area contributed by atoms with Crippen molar-refractivity contribution in [3.8, 4) is 0 Å². The highest BCUT2D eigenvalue weighted by molar-refractivity contribution is 14.1. The standard InChI is InChI=1S/C15H24INO2/c1-11-8-9-13(18)6-4-3-5-7-14(19)17-15(11)12(2)10-16/h8-11,13,15,18H,3-7H2,1-2H3,(H,17,19)/b9-8+,12-10+/t11-,13+,15-/m0/s1. The molecular formula is C15H24INO2. The second kappa shape index (κ2) is 8.74. The fraction of sp³-hybridized carbons (Fsp3) is 0.667. The van der Waals surface area contributed by atoms with Gasteiger partial charge in [0.05, 0.1) is 12.1 Å². The van der Waals surface area contributed by atoms with Gasteiger partial charge in [0.1, 0.15) is 0 Å². The van der Waals surface area contributed by atoms with Gasteiger partial charge >= 0.3 is 0 Å². The summed E-state index contributed by atoms with van der Waals surface area (Å²) in [6.45, 7) is 4.10. The molecule has 1 heterocycles. The molecule has 4 heteroatoms. The largest absolute Gasteiger partial charge is 0.389 e. The molecule has 3 nitrogen and oxygen atoms in total. The first kappa shape index (κ1) is 16.7. The number of carbonyl (C=O) groups excluding carboxylic acids is 1. The molecule has 0 radical (unpaired) electrons. The maximum Gasteiger partial charge on any atom is 0.220 e. The second-order valence-corrected chi connectivity index (χ2v) is 5.93. The lowest BCUT2D eigenvalue weighted by molar-refractivity contribution is -0.121. The van der Waals surface area contributed by atoms with Gasteiger partial charge < -0.3 is 10.4 Å². The summed E-state index contributed by atoms with van der Waals surface area (Å²) < 4.78 is 2.01. The van der Waals surface area contributed by atoms with Gasteiger partial charge in [0.15, 0.2) is 0 Å². The van der Waals surface area contributed by atoms with E-state index in [9.17, 15) is 9.90 Å². The van der Waals surface area contributed by atoms with Gasteiger partial charge in [-0.25, -0.2) is 0 Å². The molecule has 1 amide bonds. The number of aliphatic hydroxyl groups is 1. The van der Waals surface area contributed by atoms with Crippen molar-refractivity contribution in [2.45, 2.75) is 58.1 Å². The van der Waals surface area contributed by atoms with Crippen molar-refractivity contribution in [3.05, 3.63) is 21.8 Å². The van der Waals surface area contributed by atoms with E-state index in [4.69, 9.17) is 0 Å². The van der Waals surface area contributed by atoms with Crippen LogP contribution in [0.3, 0.4) is 0 Å². The fourth-order valence-corrected chi connectivity index (χ4v) is 2.69. The molecule has 108 valence electrons. The minimum absolute atomic E-state index is 0.0206. The molecule has 0 spiro atoms. The normalized spacial score (nSPS) is 32.9. The Hall–Kier alpha value is -0.360. The lowest BCUT2D eigenvalue weighted by Crippen LogP contribution is -2.39. The van der Waals surface area contributed by atoms with Crippen molar-refractivity contribution in [2.24, 2.45) is 5.92 Å². The van der Waals surface area contributed by atoms with Crippen LogP contribution in [0.1, 0.15) is 46.0 Å². The molecule has 0 bridgehead atoms. The average molecular weight is 377 g/mol. The summed E-state index contributed by atoms with van der Waals surface area (Å²) >= 11 is 2.20. The van der Waals surface area contributed by atoms with E-state index in [-0.39, 0.29) is 24.0 Å². The first-order valence-corrected chi connectivity index (χ1v) is 8.21. The third-order valence-electron chi connectivity index (χ3n) is 3.55. The van der Waals surface area contributed by atoms with Gasteiger partial charge in [0, 0.05) is 6.42 Å². The van der Waals surface area contributed by atoms with E-state index >= 15 is 0 Å². The van der Waals surface area contributed by atoms with E-state index in [1.165, 1.54) is 0 Å². The minimum Gasteiger partial charge on any atom is -0.389 e. The molecule has 19 heavy (non-hydrogen) atoms. The average Bonchev–Trinajstić information content (AvgIpc) is 2.39. The minimum atomic E-state index is -0.359. The van der Waals surface area contributed by atoms with Crippen molar-refractivity contribution in [1.82, 2.24) is 5.32 Å². The summed E-state index contributed by atoms with van der Waals surface area (Å²) in [5.74, 6) is 0.313. The van der Waals surface area contributed by atoms with Crippen LogP contribution in [0, 0.1) is 5.92 Å². The Bertz CT molecular complexity index is 352. The highest BCUT2D eigenvalue weighted by atomic mass is 127. The number of hydrogen-bond acceptors (Lipinski definition) is 2. The Morgan fingerprint density at radius 1 is 1.42 bits per heavy atom. The molecule has 0 aromatic carbocycles. The first-order chi connectivity index (χ1) is 9.04. The maximum atomic E-state index is 11.9. The van der Waals surface area contributed by atoms with Crippen LogP contribution in [0.5, 0.6) is 0 Å². The van der Waals surface area contributed by atoms with E-state index in [0.717, 1.165) is 31.3 Å². The molecule has 0 saturated carbocycles. The molecular weight excluding hydrogens is 353 g/mol. The summed E-state index contributed by atoms with van der Waals surface area (Å²) in [6, 6.07) is 0.0206. The molecule has 0 aliphatic carbocycles. The van der Waals surface area contributed by atoms with Gasteiger partial charge in [-0.05, 0) is 35.3 Å².